The molecule has 0 fully saturated rings. The number of methoxy groups -OCH3 is 2. The van der Waals surface area contributed by atoms with Gasteiger partial charge in [-0.25, -0.2) is 0 Å². The molecule has 152 valence electrons. The van der Waals surface area contributed by atoms with Crippen molar-refractivity contribution in [3.05, 3.63) is 41.5 Å². The van der Waals surface area contributed by atoms with Crippen molar-refractivity contribution in [2.45, 2.75) is 0 Å². The summed E-state index contributed by atoms with van der Waals surface area (Å²) in [7, 11) is 8.86. The third kappa shape index (κ3) is 3.27. The summed E-state index contributed by atoms with van der Waals surface area (Å²) >= 11 is 0. The summed E-state index contributed by atoms with van der Waals surface area (Å²) in [5, 5.41) is 5.36. The lowest BCUT2D eigenvalue weighted by atomic mass is 10.1. The number of benzene rings is 2. The number of likely N-dealkylation sites (N-methyl/N-ethyl adjacent to an activating group) is 1. The molecule has 0 spiro atoms. The smallest absolute Gasteiger partial charge is 0.161 e. The molecule has 1 aliphatic carbocycles. The molecule has 7 heteroatoms. The molecule has 1 heterocycles. The van der Waals surface area contributed by atoms with E-state index in [9.17, 15) is 0 Å². The largest absolute Gasteiger partial charge is 0.493 e. The molecule has 0 unspecified atom stereocenters. The Hall–Kier alpha value is -3.19. The van der Waals surface area contributed by atoms with Gasteiger partial charge in [-0.15, -0.1) is 0 Å². The van der Waals surface area contributed by atoms with Crippen LogP contribution in [-0.2, 0) is 4.84 Å². The molecule has 4 rings (SSSR count). The van der Waals surface area contributed by atoms with Gasteiger partial charge in [0, 0.05) is 34.1 Å². The quantitative estimate of drug-likeness (QED) is 0.485. The van der Waals surface area contributed by atoms with Crippen LogP contribution >= 0.6 is 0 Å². The number of ether oxygens (including phenoxy) is 3. The highest BCUT2D eigenvalue weighted by atomic mass is 16.6. The van der Waals surface area contributed by atoms with E-state index in [0.29, 0.717) is 18.1 Å². The van der Waals surface area contributed by atoms with Crippen LogP contribution in [0.3, 0.4) is 0 Å². The molecule has 29 heavy (non-hydrogen) atoms. The first-order valence-electron chi connectivity index (χ1n) is 9.39. The predicted molar refractivity (Wildman–Crippen MR) is 114 cm³/mol. The van der Waals surface area contributed by atoms with E-state index < -0.39 is 0 Å². The SMILES string of the molecule is CO/N=C1/c2cc(OC)c(OC)cc2-c2[nH]c3ccc(OCCN(C)C)cc3c21. The average Bonchev–Trinajstić information content (AvgIpc) is 3.22. The van der Waals surface area contributed by atoms with Crippen LogP contribution in [0.1, 0.15) is 11.1 Å². The maximum atomic E-state index is 5.93. The third-order valence-electron chi connectivity index (χ3n) is 5.04. The van der Waals surface area contributed by atoms with Gasteiger partial charge < -0.3 is 28.9 Å². The molecule has 0 bridgehead atoms. The van der Waals surface area contributed by atoms with Crippen molar-refractivity contribution in [3.63, 3.8) is 0 Å². The Labute approximate surface area is 169 Å². The molecule has 0 aliphatic heterocycles. The zero-order valence-electron chi connectivity index (χ0n) is 17.3. The Bertz CT molecular complexity index is 1090. The van der Waals surface area contributed by atoms with Crippen molar-refractivity contribution in [3.8, 4) is 28.5 Å². The molecule has 3 aromatic rings. The minimum atomic E-state index is 0.624. The highest BCUT2D eigenvalue weighted by Crippen LogP contribution is 2.45. The Kier molecular flexibility index (Phi) is 5.07. The topological polar surface area (TPSA) is 68.3 Å². The highest BCUT2D eigenvalue weighted by Gasteiger charge is 2.32. The molecular formula is C22H25N3O4. The second-order valence-corrected chi connectivity index (χ2v) is 7.11. The van der Waals surface area contributed by atoms with Gasteiger partial charge in [0.2, 0.25) is 0 Å². The van der Waals surface area contributed by atoms with Crippen LogP contribution in [0.25, 0.3) is 22.2 Å². The molecule has 1 N–H and O–H groups in total. The lowest BCUT2D eigenvalue weighted by Gasteiger charge is -2.11. The number of nitrogens with one attached hydrogen (secondary N) is 1. The van der Waals surface area contributed by atoms with E-state index in [-0.39, 0.29) is 0 Å². The molecule has 0 atom stereocenters. The van der Waals surface area contributed by atoms with Gasteiger partial charge in [-0.3, -0.25) is 0 Å². The van der Waals surface area contributed by atoms with Crippen molar-refractivity contribution in [2.75, 3.05) is 48.6 Å². The summed E-state index contributed by atoms with van der Waals surface area (Å²) in [6.07, 6.45) is 0. The Morgan fingerprint density at radius 3 is 2.34 bits per heavy atom. The van der Waals surface area contributed by atoms with E-state index in [0.717, 1.165) is 51.3 Å². The molecule has 0 saturated carbocycles. The zero-order chi connectivity index (χ0) is 20.5. The number of aromatic nitrogens is 1. The van der Waals surface area contributed by atoms with Gasteiger partial charge in [-0.1, -0.05) is 5.16 Å². The summed E-state index contributed by atoms with van der Waals surface area (Å²) in [5.41, 5.74) is 5.68. The Morgan fingerprint density at radius 2 is 1.69 bits per heavy atom. The second kappa shape index (κ2) is 7.67. The van der Waals surface area contributed by atoms with Crippen LogP contribution in [0.5, 0.6) is 17.2 Å². The fourth-order valence-electron chi connectivity index (χ4n) is 3.66. The van der Waals surface area contributed by atoms with Gasteiger partial charge in [-0.05, 0) is 44.4 Å². The fraction of sp³-hybridized carbons (Fsp3) is 0.318. The van der Waals surface area contributed by atoms with E-state index in [1.54, 1.807) is 21.3 Å². The van der Waals surface area contributed by atoms with Crippen molar-refractivity contribution in [1.82, 2.24) is 9.88 Å². The third-order valence-corrected chi connectivity index (χ3v) is 5.04. The number of rotatable bonds is 7. The summed E-state index contributed by atoms with van der Waals surface area (Å²) < 4.78 is 16.9. The molecule has 7 nitrogen and oxygen atoms in total. The van der Waals surface area contributed by atoms with E-state index >= 15 is 0 Å². The van der Waals surface area contributed by atoms with Crippen LogP contribution < -0.4 is 14.2 Å². The van der Waals surface area contributed by atoms with E-state index in [4.69, 9.17) is 19.0 Å². The van der Waals surface area contributed by atoms with Gasteiger partial charge in [-0.2, -0.15) is 0 Å². The van der Waals surface area contributed by atoms with E-state index in [1.165, 1.54) is 0 Å². The summed E-state index contributed by atoms with van der Waals surface area (Å²) in [5.74, 6) is 2.14. The zero-order valence-corrected chi connectivity index (χ0v) is 17.3. The predicted octanol–water partition coefficient (Wildman–Crippen LogP) is 3.50. The minimum Gasteiger partial charge on any atom is -0.493 e. The number of hydrogen-bond donors (Lipinski definition) is 1. The number of H-pyrrole nitrogens is 1. The van der Waals surface area contributed by atoms with Crippen LogP contribution in [0.4, 0.5) is 0 Å². The lowest BCUT2D eigenvalue weighted by molar-refractivity contribution is 0.214. The van der Waals surface area contributed by atoms with Gasteiger partial charge in [0.1, 0.15) is 25.2 Å². The Morgan fingerprint density at radius 1 is 0.966 bits per heavy atom. The lowest BCUT2D eigenvalue weighted by Crippen LogP contribution is -2.19. The van der Waals surface area contributed by atoms with Crippen molar-refractivity contribution >= 4 is 16.6 Å². The normalized spacial score (nSPS) is 13.7. The van der Waals surface area contributed by atoms with Gasteiger partial charge >= 0.3 is 0 Å². The van der Waals surface area contributed by atoms with Crippen LogP contribution in [0.15, 0.2) is 35.5 Å². The van der Waals surface area contributed by atoms with Gasteiger partial charge in [0.05, 0.1) is 19.9 Å². The first-order valence-corrected chi connectivity index (χ1v) is 9.39. The van der Waals surface area contributed by atoms with Crippen LogP contribution in [-0.4, -0.2) is 64.2 Å². The highest BCUT2D eigenvalue weighted by molar-refractivity contribution is 6.30. The molecule has 2 aromatic carbocycles. The minimum absolute atomic E-state index is 0.624. The van der Waals surface area contributed by atoms with Gasteiger partial charge in [0.15, 0.2) is 11.5 Å². The van der Waals surface area contributed by atoms with Crippen molar-refractivity contribution in [1.29, 1.82) is 0 Å². The molecule has 1 aliphatic rings. The number of aromatic amines is 1. The number of hydrogen-bond acceptors (Lipinski definition) is 6. The van der Waals surface area contributed by atoms with Crippen LogP contribution in [0.2, 0.25) is 0 Å². The summed E-state index contributed by atoms with van der Waals surface area (Å²) in [6.45, 7) is 1.48. The van der Waals surface area contributed by atoms with E-state index in [2.05, 4.69) is 15.0 Å². The monoisotopic (exact) mass is 395 g/mol. The molecule has 0 amide bonds. The van der Waals surface area contributed by atoms with Crippen molar-refractivity contribution < 1.29 is 19.0 Å². The molecular weight excluding hydrogens is 370 g/mol. The number of nitrogens with zero attached hydrogens (tertiary/aromatic N) is 2. The average molecular weight is 395 g/mol. The fourth-order valence-corrected chi connectivity index (χ4v) is 3.66. The van der Waals surface area contributed by atoms with Crippen LogP contribution in [0, 0.1) is 0 Å². The maximum absolute atomic E-state index is 5.93. The second-order valence-electron chi connectivity index (χ2n) is 7.11. The van der Waals surface area contributed by atoms with Gasteiger partial charge in [0.25, 0.3) is 0 Å². The number of fused-ring (bicyclic) bond motifs is 5. The first kappa shape index (κ1) is 19.1. The molecule has 1 aromatic heterocycles. The molecule has 0 saturated heterocycles. The van der Waals surface area contributed by atoms with Crippen molar-refractivity contribution in [2.24, 2.45) is 5.16 Å². The molecule has 0 radical (unpaired) electrons. The summed E-state index contributed by atoms with van der Waals surface area (Å²) in [6, 6.07) is 9.96. The number of oxime groups is 1. The Balaban J connectivity index is 1.84. The standard InChI is InChI=1S/C22H25N3O4/c1-25(2)8-9-29-13-6-7-17-16(10-13)20-21(23-17)14-11-18(26-3)19(27-4)12-15(14)22(20)24-28-5/h6-7,10-12,23H,8-9H2,1-5H3/b24-22-. The first-order chi connectivity index (χ1) is 14.1. The maximum Gasteiger partial charge on any atom is 0.161 e. The van der Waals surface area contributed by atoms with E-state index in [1.807, 2.05) is 44.4 Å². The summed E-state index contributed by atoms with van der Waals surface area (Å²) in [4.78, 5) is 10.8.